The van der Waals surface area contributed by atoms with E-state index in [9.17, 15) is 27.9 Å². The molecule has 1 aliphatic carbocycles. The monoisotopic (exact) mass is 328 g/mol. The second kappa shape index (κ2) is 5.43. The molecule has 23 heavy (non-hydrogen) atoms. The summed E-state index contributed by atoms with van der Waals surface area (Å²) in [7, 11) is 0. The molecule has 0 unspecified atom stereocenters. The average molecular weight is 328 g/mol. The van der Waals surface area contributed by atoms with Gasteiger partial charge in [-0.2, -0.15) is 0 Å². The van der Waals surface area contributed by atoms with E-state index in [-0.39, 0.29) is 19.0 Å². The van der Waals surface area contributed by atoms with Crippen molar-refractivity contribution in [2.45, 2.75) is 19.3 Å². The maximum absolute atomic E-state index is 13.6. The number of urea groups is 1. The topological polar surface area (TPSA) is 69.6 Å². The Morgan fingerprint density at radius 3 is 2.48 bits per heavy atom. The number of carbonyl (C=O) groups excluding carboxylic acids is 1. The van der Waals surface area contributed by atoms with Gasteiger partial charge in [0.25, 0.3) is 0 Å². The summed E-state index contributed by atoms with van der Waals surface area (Å²) >= 11 is 0. The largest absolute Gasteiger partial charge is 0.481 e. The number of carbonyl (C=O) groups is 2. The lowest BCUT2D eigenvalue weighted by Gasteiger charge is -2.23. The van der Waals surface area contributed by atoms with E-state index in [0.29, 0.717) is 25.0 Å². The highest BCUT2D eigenvalue weighted by Gasteiger charge is 2.55. The molecule has 1 aromatic carbocycles. The lowest BCUT2D eigenvalue weighted by atomic mass is 9.81. The molecule has 2 atom stereocenters. The Bertz CT molecular complexity index is 659. The lowest BCUT2D eigenvalue weighted by Crippen LogP contribution is -2.39. The highest BCUT2D eigenvalue weighted by atomic mass is 19.1. The Morgan fingerprint density at radius 2 is 1.91 bits per heavy atom. The van der Waals surface area contributed by atoms with Gasteiger partial charge >= 0.3 is 12.0 Å². The molecule has 1 saturated heterocycles. The van der Waals surface area contributed by atoms with Crippen LogP contribution in [0.15, 0.2) is 12.1 Å². The summed E-state index contributed by atoms with van der Waals surface area (Å²) in [5.74, 6) is -4.63. The van der Waals surface area contributed by atoms with Gasteiger partial charge in [0.1, 0.15) is 11.5 Å². The van der Waals surface area contributed by atoms with E-state index in [1.165, 1.54) is 4.90 Å². The molecule has 0 spiro atoms. The van der Waals surface area contributed by atoms with Gasteiger partial charge in [0.2, 0.25) is 0 Å². The van der Waals surface area contributed by atoms with Gasteiger partial charge in [-0.25, -0.2) is 18.0 Å². The fourth-order valence-electron chi connectivity index (χ4n) is 3.64. The normalized spacial score (nSPS) is 26.2. The molecule has 1 saturated carbocycles. The quantitative estimate of drug-likeness (QED) is 0.877. The maximum atomic E-state index is 13.6. The molecular formula is C15H15F3N2O3. The fraction of sp³-hybridized carbons (Fsp3) is 0.467. The van der Waals surface area contributed by atoms with Gasteiger partial charge in [-0.1, -0.05) is 6.42 Å². The molecule has 2 amide bonds. The zero-order valence-corrected chi connectivity index (χ0v) is 12.1. The third kappa shape index (κ3) is 2.51. The number of likely N-dealkylation sites (tertiary alicyclic amines) is 1. The Morgan fingerprint density at radius 1 is 1.26 bits per heavy atom. The molecular weight excluding hydrogens is 313 g/mol. The molecule has 0 aromatic heterocycles. The summed E-state index contributed by atoms with van der Waals surface area (Å²) in [6, 6.07) is 0.149. The third-order valence-corrected chi connectivity index (χ3v) is 4.82. The van der Waals surface area contributed by atoms with E-state index in [1.54, 1.807) is 0 Å². The van der Waals surface area contributed by atoms with Crippen molar-refractivity contribution in [3.8, 4) is 0 Å². The maximum Gasteiger partial charge on any atom is 0.322 e. The fourth-order valence-corrected chi connectivity index (χ4v) is 3.64. The molecule has 2 fully saturated rings. The van der Waals surface area contributed by atoms with Crippen LogP contribution in [0.25, 0.3) is 0 Å². The molecule has 1 heterocycles. The van der Waals surface area contributed by atoms with Crippen molar-refractivity contribution in [2.75, 3.05) is 18.4 Å². The number of carboxylic acids is 1. The van der Waals surface area contributed by atoms with E-state index in [4.69, 9.17) is 0 Å². The van der Waals surface area contributed by atoms with E-state index < -0.39 is 40.6 Å². The Labute approximate surface area is 130 Å². The number of carboxylic acid groups (broad SMARTS) is 1. The van der Waals surface area contributed by atoms with Crippen LogP contribution in [0.2, 0.25) is 0 Å². The highest BCUT2D eigenvalue weighted by molar-refractivity contribution is 5.91. The number of hydrogen-bond donors (Lipinski definition) is 2. The summed E-state index contributed by atoms with van der Waals surface area (Å²) in [6.45, 7) is 0.228. The van der Waals surface area contributed by atoms with E-state index >= 15 is 0 Å². The summed E-state index contributed by atoms with van der Waals surface area (Å²) in [4.78, 5) is 25.0. The number of fused-ring (bicyclic) bond motifs is 1. The van der Waals surface area contributed by atoms with Crippen molar-refractivity contribution in [2.24, 2.45) is 11.3 Å². The number of aliphatic carboxylic acids is 1. The average Bonchev–Trinajstić information content (AvgIpc) is 3.00. The summed E-state index contributed by atoms with van der Waals surface area (Å²) in [5.41, 5.74) is -1.71. The first kappa shape index (κ1) is 15.6. The van der Waals surface area contributed by atoms with E-state index in [0.717, 1.165) is 6.42 Å². The van der Waals surface area contributed by atoms with Crippen LogP contribution < -0.4 is 5.32 Å². The molecule has 1 aliphatic heterocycles. The zero-order valence-electron chi connectivity index (χ0n) is 12.1. The number of halogens is 3. The lowest BCUT2D eigenvalue weighted by molar-refractivity contribution is -0.149. The molecule has 124 valence electrons. The van der Waals surface area contributed by atoms with Gasteiger partial charge in [-0.05, 0) is 18.8 Å². The molecule has 2 aliphatic rings. The van der Waals surface area contributed by atoms with Crippen LogP contribution in [-0.2, 0) is 4.79 Å². The Balaban J connectivity index is 1.77. The van der Waals surface area contributed by atoms with Gasteiger partial charge in [0, 0.05) is 25.2 Å². The van der Waals surface area contributed by atoms with Gasteiger partial charge in [-0.15, -0.1) is 0 Å². The first-order valence-electron chi connectivity index (χ1n) is 7.27. The standard InChI is InChI=1S/C15H15F3N2O3/c16-9-4-10(17)12(11(18)5-9)19-14(23)20-6-8-2-1-3-15(8,7-20)13(21)22/h4-5,8H,1-3,6-7H2,(H,19,23)(H,21,22)/t8-,15+/m0/s1. The van der Waals surface area contributed by atoms with E-state index in [1.807, 2.05) is 0 Å². The minimum Gasteiger partial charge on any atom is -0.481 e. The second-order valence-corrected chi connectivity index (χ2v) is 6.11. The number of hydrogen-bond acceptors (Lipinski definition) is 2. The van der Waals surface area contributed by atoms with Crippen LogP contribution in [0.1, 0.15) is 19.3 Å². The van der Waals surface area contributed by atoms with Crippen LogP contribution in [0.4, 0.5) is 23.7 Å². The Hall–Kier alpha value is -2.25. The van der Waals surface area contributed by atoms with E-state index in [2.05, 4.69) is 5.32 Å². The molecule has 1 aromatic rings. The number of nitrogens with one attached hydrogen (secondary N) is 1. The number of rotatable bonds is 2. The van der Waals surface area contributed by atoms with Gasteiger partial charge in [0.15, 0.2) is 11.6 Å². The number of amides is 2. The van der Waals surface area contributed by atoms with Crippen molar-refractivity contribution in [3.05, 3.63) is 29.6 Å². The van der Waals surface area contributed by atoms with Gasteiger partial charge in [-0.3, -0.25) is 4.79 Å². The smallest absolute Gasteiger partial charge is 0.322 e. The molecule has 5 nitrogen and oxygen atoms in total. The van der Waals surface area contributed by atoms with Crippen LogP contribution >= 0.6 is 0 Å². The number of anilines is 1. The first-order valence-corrected chi connectivity index (χ1v) is 7.27. The molecule has 0 bridgehead atoms. The van der Waals surface area contributed by atoms with Crippen LogP contribution in [0, 0.1) is 28.8 Å². The minimum absolute atomic E-state index is 0.00324. The van der Waals surface area contributed by atoms with Crippen molar-refractivity contribution in [1.29, 1.82) is 0 Å². The first-order chi connectivity index (χ1) is 10.8. The van der Waals surface area contributed by atoms with Crippen molar-refractivity contribution < 1.29 is 27.9 Å². The number of nitrogens with zero attached hydrogens (tertiary/aromatic N) is 1. The molecule has 3 rings (SSSR count). The summed E-state index contributed by atoms with van der Waals surface area (Å²) in [5, 5.41) is 11.5. The second-order valence-electron chi connectivity index (χ2n) is 6.11. The minimum atomic E-state index is -1.22. The van der Waals surface area contributed by atoms with Crippen LogP contribution in [-0.4, -0.2) is 35.1 Å². The molecule has 8 heteroatoms. The summed E-state index contributed by atoms with van der Waals surface area (Å²) < 4.78 is 40.0. The number of benzene rings is 1. The van der Waals surface area contributed by atoms with Crippen molar-refractivity contribution in [1.82, 2.24) is 4.90 Å². The van der Waals surface area contributed by atoms with Gasteiger partial charge < -0.3 is 15.3 Å². The zero-order chi connectivity index (χ0) is 16.8. The third-order valence-electron chi connectivity index (χ3n) is 4.82. The Kier molecular flexibility index (Phi) is 3.69. The summed E-state index contributed by atoms with van der Waals surface area (Å²) in [6.07, 6.45) is 1.97. The van der Waals surface area contributed by atoms with Crippen molar-refractivity contribution >= 4 is 17.7 Å². The van der Waals surface area contributed by atoms with Crippen molar-refractivity contribution in [3.63, 3.8) is 0 Å². The van der Waals surface area contributed by atoms with Crippen LogP contribution in [0.3, 0.4) is 0 Å². The highest BCUT2D eigenvalue weighted by Crippen LogP contribution is 2.49. The molecule has 2 N–H and O–H groups in total. The molecule has 0 radical (unpaired) electrons. The SMILES string of the molecule is O=C(Nc1c(F)cc(F)cc1F)N1C[C@@H]2CCC[C@@]2(C(=O)O)C1. The van der Waals surface area contributed by atoms with Crippen LogP contribution in [0.5, 0.6) is 0 Å². The predicted molar refractivity (Wildman–Crippen MR) is 74.3 cm³/mol. The predicted octanol–water partition coefficient (Wildman–Crippen LogP) is 2.82. The van der Waals surface area contributed by atoms with Gasteiger partial charge in [0.05, 0.1) is 5.41 Å².